The third-order valence-corrected chi connectivity index (χ3v) is 2.78. The zero-order valence-corrected chi connectivity index (χ0v) is 9.64. The van der Waals surface area contributed by atoms with Gasteiger partial charge >= 0.3 is 0 Å². The van der Waals surface area contributed by atoms with Crippen LogP contribution in [0.15, 0.2) is 33.9 Å². The molecule has 1 aromatic carbocycles. The van der Waals surface area contributed by atoms with Crippen LogP contribution in [-0.4, -0.2) is 16.3 Å². The van der Waals surface area contributed by atoms with Crippen molar-refractivity contribution >= 4 is 10.8 Å². The number of nitrogens with two attached hydrogens (primary N) is 1. The van der Waals surface area contributed by atoms with Gasteiger partial charge in [-0.3, -0.25) is 14.7 Å². The van der Waals surface area contributed by atoms with Crippen LogP contribution in [-0.2, 0) is 6.54 Å². The zero-order chi connectivity index (χ0) is 12.4. The minimum absolute atomic E-state index is 0.143. The Labute approximate surface area is 97.9 Å². The molecule has 2 aromatic rings. The third kappa shape index (κ3) is 2.14. The minimum Gasteiger partial charge on any atom is -0.330 e. The highest BCUT2D eigenvalue weighted by Crippen LogP contribution is 2.03. The molecule has 17 heavy (non-hydrogen) atoms. The smallest absolute Gasteiger partial charge is 0.273 e. The molecule has 0 radical (unpaired) electrons. The quantitative estimate of drug-likeness (QED) is 0.799. The Balaban J connectivity index is 2.63. The van der Waals surface area contributed by atoms with Crippen molar-refractivity contribution in [3.63, 3.8) is 0 Å². The molecule has 90 valence electrons. The van der Waals surface area contributed by atoms with Gasteiger partial charge in [0.2, 0.25) is 0 Å². The molecule has 3 N–H and O–H groups in total. The van der Waals surface area contributed by atoms with Gasteiger partial charge in [-0.25, -0.2) is 4.68 Å². The summed E-state index contributed by atoms with van der Waals surface area (Å²) in [4.78, 5) is 23.9. The summed E-state index contributed by atoms with van der Waals surface area (Å²) < 4.78 is 1.34. The SMILES string of the molecule is CC(CN)Cn1[nH]c(=O)c2ccccc2c1=O. The predicted molar refractivity (Wildman–Crippen MR) is 67.0 cm³/mol. The van der Waals surface area contributed by atoms with Gasteiger partial charge in [-0.05, 0) is 24.6 Å². The van der Waals surface area contributed by atoms with Crippen LogP contribution in [0.1, 0.15) is 6.92 Å². The molecule has 1 atom stereocenters. The average molecular weight is 233 g/mol. The molecule has 0 aliphatic rings. The van der Waals surface area contributed by atoms with Crippen molar-refractivity contribution in [2.24, 2.45) is 11.7 Å². The van der Waals surface area contributed by atoms with E-state index in [9.17, 15) is 9.59 Å². The van der Waals surface area contributed by atoms with E-state index in [0.717, 1.165) is 0 Å². The maximum atomic E-state index is 12.1. The van der Waals surface area contributed by atoms with Crippen LogP contribution in [0.2, 0.25) is 0 Å². The zero-order valence-electron chi connectivity index (χ0n) is 9.64. The second-order valence-electron chi connectivity index (χ2n) is 4.24. The number of aromatic amines is 1. The average Bonchev–Trinajstić information content (AvgIpc) is 2.35. The van der Waals surface area contributed by atoms with E-state index in [-0.39, 0.29) is 17.0 Å². The van der Waals surface area contributed by atoms with E-state index < -0.39 is 0 Å². The van der Waals surface area contributed by atoms with Gasteiger partial charge in [0.15, 0.2) is 0 Å². The molecule has 0 saturated heterocycles. The highest BCUT2D eigenvalue weighted by atomic mass is 16.2. The largest absolute Gasteiger partial charge is 0.330 e. The number of hydrogen-bond acceptors (Lipinski definition) is 3. The standard InChI is InChI=1S/C12H15N3O2/c1-8(6-13)7-15-12(17)10-5-3-2-4-9(10)11(16)14-15/h2-5,8H,6-7,13H2,1H3,(H,14,16). The van der Waals surface area contributed by atoms with Crippen LogP contribution in [0.5, 0.6) is 0 Å². The number of benzene rings is 1. The Morgan fingerprint density at radius 3 is 2.59 bits per heavy atom. The number of nitrogens with zero attached hydrogens (tertiary/aromatic N) is 1. The van der Waals surface area contributed by atoms with E-state index in [4.69, 9.17) is 5.73 Å². The van der Waals surface area contributed by atoms with Gasteiger partial charge in [0.05, 0.1) is 10.8 Å². The molecule has 2 rings (SSSR count). The molecule has 1 aromatic heterocycles. The van der Waals surface area contributed by atoms with Gasteiger partial charge in [0.25, 0.3) is 11.1 Å². The fourth-order valence-electron chi connectivity index (χ4n) is 1.76. The maximum Gasteiger partial charge on any atom is 0.273 e. The van der Waals surface area contributed by atoms with E-state index in [2.05, 4.69) is 5.10 Å². The summed E-state index contributed by atoms with van der Waals surface area (Å²) in [6, 6.07) is 6.80. The van der Waals surface area contributed by atoms with Crippen molar-refractivity contribution in [1.82, 2.24) is 9.78 Å². The van der Waals surface area contributed by atoms with Gasteiger partial charge in [-0.15, -0.1) is 0 Å². The monoisotopic (exact) mass is 233 g/mol. The van der Waals surface area contributed by atoms with E-state index in [1.54, 1.807) is 24.3 Å². The van der Waals surface area contributed by atoms with E-state index in [1.165, 1.54) is 4.68 Å². The molecule has 5 heteroatoms. The number of aromatic nitrogens is 2. The third-order valence-electron chi connectivity index (χ3n) is 2.78. The molecule has 0 aliphatic carbocycles. The van der Waals surface area contributed by atoms with E-state index in [0.29, 0.717) is 23.9 Å². The maximum absolute atomic E-state index is 12.1. The van der Waals surface area contributed by atoms with Gasteiger partial charge in [0.1, 0.15) is 0 Å². The first kappa shape index (κ1) is 11.6. The summed E-state index contributed by atoms with van der Waals surface area (Å²) in [5, 5.41) is 3.45. The van der Waals surface area contributed by atoms with Crippen LogP contribution < -0.4 is 16.9 Å². The van der Waals surface area contributed by atoms with Crippen LogP contribution >= 0.6 is 0 Å². The highest BCUT2D eigenvalue weighted by Gasteiger charge is 2.08. The Hall–Kier alpha value is -1.88. The van der Waals surface area contributed by atoms with Crippen LogP contribution in [0, 0.1) is 5.92 Å². The lowest BCUT2D eigenvalue weighted by atomic mass is 10.1. The summed E-state index contributed by atoms with van der Waals surface area (Å²) in [6.07, 6.45) is 0. The van der Waals surface area contributed by atoms with E-state index >= 15 is 0 Å². The second-order valence-corrected chi connectivity index (χ2v) is 4.24. The molecule has 5 nitrogen and oxygen atoms in total. The van der Waals surface area contributed by atoms with Crippen LogP contribution in [0.4, 0.5) is 0 Å². The topological polar surface area (TPSA) is 80.9 Å². The summed E-state index contributed by atoms with van der Waals surface area (Å²) in [6.45, 7) is 2.83. The molecule has 1 heterocycles. The molecule has 0 amide bonds. The first-order valence-electron chi connectivity index (χ1n) is 5.55. The Morgan fingerprint density at radius 2 is 1.94 bits per heavy atom. The Morgan fingerprint density at radius 1 is 1.29 bits per heavy atom. The Kier molecular flexibility index (Phi) is 3.10. The minimum atomic E-state index is -0.246. The van der Waals surface area contributed by atoms with Crippen molar-refractivity contribution in [2.75, 3.05) is 6.54 Å². The van der Waals surface area contributed by atoms with Gasteiger partial charge in [-0.1, -0.05) is 19.1 Å². The molecule has 1 unspecified atom stereocenters. The molecule has 0 aliphatic heterocycles. The lowest BCUT2D eigenvalue weighted by Crippen LogP contribution is -2.33. The number of rotatable bonds is 3. The van der Waals surface area contributed by atoms with Crippen molar-refractivity contribution in [3.8, 4) is 0 Å². The number of nitrogens with one attached hydrogen (secondary N) is 1. The predicted octanol–water partition coefficient (Wildman–Crippen LogP) is 0.285. The van der Waals surface area contributed by atoms with Gasteiger partial charge < -0.3 is 5.73 Å². The lowest BCUT2D eigenvalue weighted by Gasteiger charge is -2.11. The molecule has 0 saturated carbocycles. The molecule has 0 spiro atoms. The highest BCUT2D eigenvalue weighted by molar-refractivity contribution is 5.80. The summed E-state index contributed by atoms with van der Waals surface area (Å²) in [5.41, 5.74) is 5.09. The molecule has 0 fully saturated rings. The van der Waals surface area contributed by atoms with Gasteiger partial charge in [-0.2, -0.15) is 0 Å². The fraction of sp³-hybridized carbons (Fsp3) is 0.333. The second kappa shape index (κ2) is 4.55. The molecular weight excluding hydrogens is 218 g/mol. The first-order valence-corrected chi connectivity index (χ1v) is 5.55. The normalized spacial score (nSPS) is 12.8. The van der Waals surface area contributed by atoms with Crippen LogP contribution in [0.25, 0.3) is 10.8 Å². The fourth-order valence-corrected chi connectivity index (χ4v) is 1.76. The Bertz CT molecular complexity index is 642. The van der Waals surface area contributed by atoms with E-state index in [1.807, 2.05) is 6.92 Å². The van der Waals surface area contributed by atoms with Crippen molar-refractivity contribution < 1.29 is 0 Å². The summed E-state index contributed by atoms with van der Waals surface area (Å²) >= 11 is 0. The summed E-state index contributed by atoms with van der Waals surface area (Å²) in [7, 11) is 0. The van der Waals surface area contributed by atoms with Crippen molar-refractivity contribution in [2.45, 2.75) is 13.5 Å². The molecular formula is C12H15N3O2. The van der Waals surface area contributed by atoms with Crippen LogP contribution in [0.3, 0.4) is 0 Å². The first-order chi connectivity index (χ1) is 8.13. The molecule has 0 bridgehead atoms. The number of hydrogen-bond donors (Lipinski definition) is 2. The van der Waals surface area contributed by atoms with Crippen molar-refractivity contribution in [1.29, 1.82) is 0 Å². The van der Waals surface area contributed by atoms with Gasteiger partial charge in [0, 0.05) is 6.54 Å². The lowest BCUT2D eigenvalue weighted by molar-refractivity contribution is 0.441. The number of H-pyrrole nitrogens is 1. The van der Waals surface area contributed by atoms with Crippen molar-refractivity contribution in [3.05, 3.63) is 45.0 Å². The number of fused-ring (bicyclic) bond motifs is 1. The summed E-state index contributed by atoms with van der Waals surface area (Å²) in [5.74, 6) is 0.143.